The highest BCUT2D eigenvalue weighted by molar-refractivity contribution is 6.30. The lowest BCUT2D eigenvalue weighted by Crippen LogP contribution is -2.48. The molecule has 0 saturated carbocycles. The standard InChI is InChI=1S/C16H17ClN4O/c17-13-2-1-3-15(9-13)20-4-6-21(7-5-20)16(22)12-8-14(18)11-19-10-12/h1-3,8-11H,4-7,18H2. The Morgan fingerprint density at radius 1 is 1.14 bits per heavy atom. The number of rotatable bonds is 2. The average Bonchev–Trinajstić information content (AvgIpc) is 2.54. The van der Waals surface area contributed by atoms with Crippen molar-refractivity contribution in [3.05, 3.63) is 53.3 Å². The highest BCUT2D eigenvalue weighted by atomic mass is 35.5. The van der Waals surface area contributed by atoms with Crippen LogP contribution in [0.1, 0.15) is 10.4 Å². The number of piperazine rings is 1. The second-order valence-corrected chi connectivity index (χ2v) is 5.70. The van der Waals surface area contributed by atoms with Crippen molar-refractivity contribution in [1.82, 2.24) is 9.88 Å². The highest BCUT2D eigenvalue weighted by Gasteiger charge is 2.22. The fourth-order valence-corrected chi connectivity index (χ4v) is 2.78. The molecule has 1 amide bonds. The average molecular weight is 317 g/mol. The third-order valence-corrected chi connectivity index (χ3v) is 3.98. The molecule has 2 aromatic rings. The number of hydrogen-bond donors (Lipinski definition) is 1. The van der Waals surface area contributed by atoms with Crippen molar-refractivity contribution in [3.8, 4) is 0 Å². The number of carbonyl (C=O) groups excluding carboxylic acids is 1. The molecule has 1 aromatic heterocycles. The Morgan fingerprint density at radius 3 is 2.59 bits per heavy atom. The molecule has 114 valence electrons. The Bertz CT molecular complexity index is 683. The quantitative estimate of drug-likeness (QED) is 0.923. The van der Waals surface area contributed by atoms with Crippen LogP contribution < -0.4 is 10.6 Å². The number of aromatic nitrogens is 1. The molecule has 0 spiro atoms. The van der Waals surface area contributed by atoms with Gasteiger partial charge in [0.25, 0.3) is 5.91 Å². The van der Waals surface area contributed by atoms with Crippen LogP contribution in [0, 0.1) is 0 Å². The maximum absolute atomic E-state index is 12.4. The van der Waals surface area contributed by atoms with Gasteiger partial charge in [0.15, 0.2) is 0 Å². The SMILES string of the molecule is Nc1cncc(C(=O)N2CCN(c3cccc(Cl)c3)CC2)c1. The minimum atomic E-state index is -0.0226. The lowest BCUT2D eigenvalue weighted by atomic mass is 10.2. The highest BCUT2D eigenvalue weighted by Crippen LogP contribution is 2.21. The molecule has 6 heteroatoms. The van der Waals surface area contributed by atoms with E-state index in [1.165, 1.54) is 6.20 Å². The van der Waals surface area contributed by atoms with Crippen LogP contribution in [-0.2, 0) is 0 Å². The van der Waals surface area contributed by atoms with E-state index in [1.54, 1.807) is 12.3 Å². The smallest absolute Gasteiger partial charge is 0.255 e. The maximum atomic E-state index is 12.4. The molecule has 0 radical (unpaired) electrons. The van der Waals surface area contributed by atoms with Crippen molar-refractivity contribution < 1.29 is 4.79 Å². The van der Waals surface area contributed by atoms with Crippen LogP contribution in [0.2, 0.25) is 5.02 Å². The summed E-state index contributed by atoms with van der Waals surface area (Å²) >= 11 is 6.03. The van der Waals surface area contributed by atoms with Gasteiger partial charge in [0.05, 0.1) is 11.3 Å². The van der Waals surface area contributed by atoms with Crippen molar-refractivity contribution in [3.63, 3.8) is 0 Å². The largest absolute Gasteiger partial charge is 0.397 e. The van der Waals surface area contributed by atoms with E-state index >= 15 is 0 Å². The van der Waals surface area contributed by atoms with Crippen molar-refractivity contribution >= 4 is 28.9 Å². The summed E-state index contributed by atoms with van der Waals surface area (Å²) < 4.78 is 0. The van der Waals surface area contributed by atoms with Gasteiger partial charge in [0.1, 0.15) is 0 Å². The molecule has 2 N–H and O–H groups in total. The first-order chi connectivity index (χ1) is 10.6. The van der Waals surface area contributed by atoms with Gasteiger partial charge in [-0.25, -0.2) is 0 Å². The van der Waals surface area contributed by atoms with Gasteiger partial charge in [0, 0.05) is 49.3 Å². The van der Waals surface area contributed by atoms with Crippen LogP contribution in [0.15, 0.2) is 42.7 Å². The minimum absolute atomic E-state index is 0.0226. The van der Waals surface area contributed by atoms with Crippen LogP contribution in [0.3, 0.4) is 0 Å². The van der Waals surface area contributed by atoms with Gasteiger partial charge in [-0.05, 0) is 24.3 Å². The number of nitrogens with zero attached hydrogens (tertiary/aromatic N) is 3. The Labute approximate surface area is 134 Å². The van der Waals surface area contributed by atoms with Crippen molar-refractivity contribution in [2.45, 2.75) is 0 Å². The molecule has 0 atom stereocenters. The van der Waals surface area contributed by atoms with Crippen LogP contribution >= 0.6 is 11.6 Å². The first-order valence-corrected chi connectivity index (χ1v) is 7.51. The Balaban J connectivity index is 1.65. The molecular formula is C16H17ClN4O. The second kappa shape index (κ2) is 6.23. The fourth-order valence-electron chi connectivity index (χ4n) is 2.60. The molecule has 0 bridgehead atoms. The van der Waals surface area contributed by atoms with E-state index in [4.69, 9.17) is 17.3 Å². The summed E-state index contributed by atoms with van der Waals surface area (Å²) in [5, 5.41) is 0.724. The lowest BCUT2D eigenvalue weighted by molar-refractivity contribution is 0.0746. The van der Waals surface area contributed by atoms with Gasteiger partial charge in [-0.1, -0.05) is 17.7 Å². The number of halogens is 1. The first kappa shape index (κ1) is 14.7. The zero-order valence-corrected chi connectivity index (χ0v) is 12.8. The molecule has 1 saturated heterocycles. The van der Waals surface area contributed by atoms with E-state index in [2.05, 4.69) is 9.88 Å². The van der Waals surface area contributed by atoms with Crippen molar-refractivity contribution in [2.24, 2.45) is 0 Å². The molecule has 1 aliphatic rings. The fraction of sp³-hybridized carbons (Fsp3) is 0.250. The molecule has 5 nitrogen and oxygen atoms in total. The number of hydrogen-bond acceptors (Lipinski definition) is 4. The third-order valence-electron chi connectivity index (χ3n) is 3.75. The Morgan fingerprint density at radius 2 is 1.91 bits per heavy atom. The normalized spacial score (nSPS) is 15.0. The molecule has 1 aromatic carbocycles. The van der Waals surface area contributed by atoms with E-state index in [0.29, 0.717) is 24.3 Å². The summed E-state index contributed by atoms with van der Waals surface area (Å²) in [6.45, 7) is 2.89. The van der Waals surface area contributed by atoms with Crippen molar-refractivity contribution in [1.29, 1.82) is 0 Å². The van der Waals surface area contributed by atoms with Crippen LogP contribution in [0.5, 0.6) is 0 Å². The molecule has 1 fully saturated rings. The maximum Gasteiger partial charge on any atom is 0.255 e. The van der Waals surface area contributed by atoms with Gasteiger partial charge in [0.2, 0.25) is 0 Å². The Hall–Kier alpha value is -2.27. The molecule has 0 unspecified atom stereocenters. The summed E-state index contributed by atoms with van der Waals surface area (Å²) in [6, 6.07) is 9.44. The zero-order chi connectivity index (χ0) is 15.5. The molecule has 0 aliphatic carbocycles. The van der Waals surface area contributed by atoms with E-state index in [0.717, 1.165) is 23.8 Å². The molecule has 1 aliphatic heterocycles. The van der Waals surface area contributed by atoms with Crippen LogP contribution in [-0.4, -0.2) is 42.0 Å². The van der Waals surface area contributed by atoms with Gasteiger partial charge in [-0.3, -0.25) is 9.78 Å². The predicted molar refractivity (Wildman–Crippen MR) is 88.2 cm³/mol. The van der Waals surface area contributed by atoms with E-state index < -0.39 is 0 Å². The summed E-state index contributed by atoms with van der Waals surface area (Å²) in [7, 11) is 0. The van der Waals surface area contributed by atoms with E-state index in [-0.39, 0.29) is 5.91 Å². The van der Waals surface area contributed by atoms with Crippen LogP contribution in [0.25, 0.3) is 0 Å². The number of pyridine rings is 1. The third kappa shape index (κ3) is 3.14. The monoisotopic (exact) mass is 316 g/mol. The van der Waals surface area contributed by atoms with Crippen molar-refractivity contribution in [2.75, 3.05) is 36.8 Å². The topological polar surface area (TPSA) is 62.5 Å². The summed E-state index contributed by atoms with van der Waals surface area (Å²) in [6.07, 6.45) is 3.09. The molecule has 3 rings (SSSR count). The number of nitrogen functional groups attached to an aromatic ring is 1. The van der Waals surface area contributed by atoms with Gasteiger partial charge in [-0.2, -0.15) is 0 Å². The zero-order valence-electron chi connectivity index (χ0n) is 12.1. The van der Waals surface area contributed by atoms with E-state index in [1.807, 2.05) is 29.2 Å². The minimum Gasteiger partial charge on any atom is -0.397 e. The Kier molecular flexibility index (Phi) is 4.15. The molecular weight excluding hydrogens is 300 g/mol. The number of amides is 1. The predicted octanol–water partition coefficient (Wildman–Crippen LogP) is 2.28. The number of benzene rings is 1. The lowest BCUT2D eigenvalue weighted by Gasteiger charge is -2.36. The van der Waals surface area contributed by atoms with Crippen LogP contribution in [0.4, 0.5) is 11.4 Å². The van der Waals surface area contributed by atoms with E-state index in [9.17, 15) is 4.79 Å². The number of carbonyl (C=O) groups is 1. The number of nitrogens with two attached hydrogens (primary N) is 1. The summed E-state index contributed by atoms with van der Waals surface area (Å²) in [4.78, 5) is 20.5. The second-order valence-electron chi connectivity index (χ2n) is 5.27. The molecule has 2 heterocycles. The van der Waals surface area contributed by atoms with Gasteiger partial charge >= 0.3 is 0 Å². The van der Waals surface area contributed by atoms with Gasteiger partial charge in [-0.15, -0.1) is 0 Å². The summed E-state index contributed by atoms with van der Waals surface area (Å²) in [5.41, 5.74) is 7.81. The molecule has 22 heavy (non-hydrogen) atoms. The number of anilines is 2. The first-order valence-electron chi connectivity index (χ1n) is 7.14. The van der Waals surface area contributed by atoms with Gasteiger partial charge < -0.3 is 15.5 Å². The summed E-state index contributed by atoms with van der Waals surface area (Å²) in [5.74, 6) is -0.0226.